The summed E-state index contributed by atoms with van der Waals surface area (Å²) < 4.78 is 5.46. The fourth-order valence-electron chi connectivity index (χ4n) is 3.92. The molecule has 0 bridgehead atoms. The molecule has 1 unspecified atom stereocenters. The van der Waals surface area contributed by atoms with Gasteiger partial charge in [-0.15, -0.1) is 12.4 Å². The van der Waals surface area contributed by atoms with Crippen molar-refractivity contribution in [3.8, 4) is 22.5 Å². The summed E-state index contributed by atoms with van der Waals surface area (Å²) in [6.45, 7) is 4.25. The van der Waals surface area contributed by atoms with Crippen LogP contribution in [0.15, 0.2) is 88.5 Å². The fraction of sp³-hybridized carbons (Fsp3) is 0.222. The summed E-state index contributed by atoms with van der Waals surface area (Å²) in [4.78, 5) is 10.2. The van der Waals surface area contributed by atoms with E-state index in [-0.39, 0.29) is 12.4 Å². The second-order valence-corrected chi connectivity index (χ2v) is 8.24. The van der Waals surface area contributed by atoms with Crippen molar-refractivity contribution >= 4 is 18.1 Å². The number of hydrogen-bond acceptors (Lipinski definition) is 6. The molecule has 2 heterocycles. The Balaban J connectivity index is 0.00000274. The summed E-state index contributed by atoms with van der Waals surface area (Å²) >= 11 is 0. The first-order valence-corrected chi connectivity index (χ1v) is 11.2. The van der Waals surface area contributed by atoms with E-state index in [1.807, 2.05) is 49.4 Å². The lowest BCUT2D eigenvalue weighted by Crippen LogP contribution is -2.08. The van der Waals surface area contributed by atoms with Crippen molar-refractivity contribution in [1.29, 1.82) is 0 Å². The minimum atomic E-state index is 0. The molecule has 1 aliphatic rings. The maximum atomic E-state index is 5.60. The SMILES string of the molecule is C/C(=N\OCc1ccc(-c2ccccc2)cc1)c1ccc(-c2noc(C3CCNC3)n2)cc1.Cl. The Morgan fingerprint density at radius 1 is 0.971 bits per heavy atom. The number of oxime groups is 1. The van der Waals surface area contributed by atoms with Gasteiger partial charge in [0.05, 0.1) is 11.6 Å². The Morgan fingerprint density at radius 3 is 2.38 bits per heavy atom. The van der Waals surface area contributed by atoms with Crippen molar-refractivity contribution in [2.75, 3.05) is 13.1 Å². The number of hydrogen-bond donors (Lipinski definition) is 1. The van der Waals surface area contributed by atoms with E-state index in [9.17, 15) is 0 Å². The highest BCUT2D eigenvalue weighted by atomic mass is 35.5. The third kappa shape index (κ3) is 5.53. The van der Waals surface area contributed by atoms with Crippen LogP contribution in [0.3, 0.4) is 0 Å². The van der Waals surface area contributed by atoms with E-state index < -0.39 is 0 Å². The van der Waals surface area contributed by atoms with Crippen LogP contribution in [-0.4, -0.2) is 28.9 Å². The first kappa shape index (κ1) is 23.7. The monoisotopic (exact) mass is 474 g/mol. The summed E-state index contributed by atoms with van der Waals surface area (Å²) in [5.74, 6) is 1.64. The number of halogens is 1. The molecule has 5 rings (SSSR count). The Labute approximate surface area is 205 Å². The summed E-state index contributed by atoms with van der Waals surface area (Å²) in [5, 5.41) is 11.8. The zero-order chi connectivity index (χ0) is 22.5. The lowest BCUT2D eigenvalue weighted by Gasteiger charge is -2.05. The lowest BCUT2D eigenvalue weighted by atomic mass is 10.0. The first-order chi connectivity index (χ1) is 16.3. The summed E-state index contributed by atoms with van der Waals surface area (Å²) in [5.41, 5.74) is 6.19. The maximum absolute atomic E-state index is 5.60. The van der Waals surface area contributed by atoms with Crippen molar-refractivity contribution in [1.82, 2.24) is 15.5 Å². The third-order valence-corrected chi connectivity index (χ3v) is 5.91. The molecule has 3 aromatic carbocycles. The van der Waals surface area contributed by atoms with Gasteiger partial charge in [0.2, 0.25) is 11.7 Å². The number of benzene rings is 3. The predicted octanol–water partition coefficient (Wildman–Crippen LogP) is 5.84. The molecular weight excluding hydrogens is 448 g/mol. The zero-order valence-corrected chi connectivity index (χ0v) is 19.8. The Morgan fingerprint density at radius 2 is 1.68 bits per heavy atom. The van der Waals surface area contributed by atoms with E-state index in [1.54, 1.807) is 0 Å². The second-order valence-electron chi connectivity index (χ2n) is 8.24. The largest absolute Gasteiger partial charge is 0.391 e. The van der Waals surface area contributed by atoms with Crippen LogP contribution in [0, 0.1) is 0 Å². The summed E-state index contributed by atoms with van der Waals surface area (Å²) in [6, 6.07) is 26.7. The van der Waals surface area contributed by atoms with Crippen molar-refractivity contribution in [3.63, 3.8) is 0 Å². The first-order valence-electron chi connectivity index (χ1n) is 11.2. The van der Waals surface area contributed by atoms with Gasteiger partial charge in [0.15, 0.2) is 0 Å². The maximum Gasteiger partial charge on any atom is 0.231 e. The van der Waals surface area contributed by atoms with Crippen LogP contribution in [0.5, 0.6) is 0 Å². The van der Waals surface area contributed by atoms with Crippen LogP contribution in [0.4, 0.5) is 0 Å². The van der Waals surface area contributed by atoms with E-state index in [1.165, 1.54) is 11.1 Å². The lowest BCUT2D eigenvalue weighted by molar-refractivity contribution is 0.130. The normalized spacial score (nSPS) is 15.7. The number of aromatic nitrogens is 2. The molecule has 0 radical (unpaired) electrons. The van der Waals surface area contributed by atoms with Crippen molar-refractivity contribution < 1.29 is 9.36 Å². The number of nitrogens with zero attached hydrogens (tertiary/aromatic N) is 3. The Hall–Kier alpha value is -3.48. The number of rotatable bonds is 7. The van der Waals surface area contributed by atoms with E-state index >= 15 is 0 Å². The average molecular weight is 475 g/mol. The van der Waals surface area contributed by atoms with Crippen molar-refractivity contribution in [2.24, 2.45) is 5.16 Å². The van der Waals surface area contributed by atoms with Gasteiger partial charge in [0, 0.05) is 12.1 Å². The average Bonchev–Trinajstić information content (AvgIpc) is 3.58. The molecule has 0 aliphatic carbocycles. The highest BCUT2D eigenvalue weighted by Crippen LogP contribution is 2.24. The van der Waals surface area contributed by atoms with Crippen LogP contribution in [0.25, 0.3) is 22.5 Å². The molecule has 0 amide bonds. The predicted molar refractivity (Wildman–Crippen MR) is 136 cm³/mol. The zero-order valence-electron chi connectivity index (χ0n) is 19.0. The van der Waals surface area contributed by atoms with Crippen molar-refractivity contribution in [3.05, 3.63) is 95.9 Å². The summed E-state index contributed by atoms with van der Waals surface area (Å²) in [6.07, 6.45) is 1.04. The molecule has 0 spiro atoms. The minimum absolute atomic E-state index is 0. The van der Waals surface area contributed by atoms with Gasteiger partial charge in [-0.25, -0.2) is 0 Å². The van der Waals surface area contributed by atoms with Gasteiger partial charge < -0.3 is 14.7 Å². The molecule has 34 heavy (non-hydrogen) atoms. The van der Waals surface area contributed by atoms with Crippen LogP contribution in [0.2, 0.25) is 0 Å². The van der Waals surface area contributed by atoms with Crippen molar-refractivity contribution in [2.45, 2.75) is 25.9 Å². The molecule has 174 valence electrons. The molecule has 1 fully saturated rings. The molecular formula is C27H27ClN4O2. The quantitative estimate of drug-likeness (QED) is 0.269. The smallest absolute Gasteiger partial charge is 0.231 e. The van der Waals surface area contributed by atoms with Gasteiger partial charge in [-0.2, -0.15) is 4.98 Å². The molecule has 1 saturated heterocycles. The highest BCUT2D eigenvalue weighted by molar-refractivity contribution is 5.98. The van der Waals surface area contributed by atoms with Gasteiger partial charge in [-0.05, 0) is 42.1 Å². The van der Waals surface area contributed by atoms with Crippen LogP contribution < -0.4 is 5.32 Å². The molecule has 7 heteroatoms. The van der Waals surface area contributed by atoms with E-state index in [2.05, 4.69) is 57.0 Å². The topological polar surface area (TPSA) is 72.5 Å². The molecule has 1 N–H and O–H groups in total. The summed E-state index contributed by atoms with van der Waals surface area (Å²) in [7, 11) is 0. The van der Waals surface area contributed by atoms with Gasteiger partial charge in [0.1, 0.15) is 6.61 Å². The van der Waals surface area contributed by atoms with Gasteiger partial charge >= 0.3 is 0 Å². The van der Waals surface area contributed by atoms with Crippen LogP contribution in [0.1, 0.15) is 36.3 Å². The Kier molecular flexibility index (Phi) is 7.72. The van der Waals surface area contributed by atoms with Gasteiger partial charge in [-0.1, -0.05) is 89.2 Å². The highest BCUT2D eigenvalue weighted by Gasteiger charge is 2.23. The van der Waals surface area contributed by atoms with E-state index in [4.69, 9.17) is 9.36 Å². The molecule has 1 aliphatic heterocycles. The molecule has 1 atom stereocenters. The molecule has 4 aromatic rings. The van der Waals surface area contributed by atoms with Gasteiger partial charge in [0.25, 0.3) is 0 Å². The minimum Gasteiger partial charge on any atom is -0.391 e. The third-order valence-electron chi connectivity index (χ3n) is 5.91. The molecule has 0 saturated carbocycles. The molecule has 6 nitrogen and oxygen atoms in total. The fourth-order valence-corrected chi connectivity index (χ4v) is 3.92. The molecule has 1 aromatic heterocycles. The van der Waals surface area contributed by atoms with Crippen LogP contribution in [-0.2, 0) is 11.4 Å². The second kappa shape index (κ2) is 11.1. The number of nitrogens with one attached hydrogen (secondary N) is 1. The van der Waals surface area contributed by atoms with E-state index in [0.29, 0.717) is 24.2 Å². The van der Waals surface area contributed by atoms with Crippen LogP contribution >= 0.6 is 12.4 Å². The van der Waals surface area contributed by atoms with E-state index in [0.717, 1.165) is 41.9 Å². The standard InChI is InChI=1S/C27H26N4O2.ClH/c1-19(30-32-18-20-7-9-23(10-8-20)22-5-3-2-4-6-22)21-11-13-24(14-12-21)26-29-27(33-31-26)25-15-16-28-17-25;/h2-14,25,28H,15-18H2,1H3;1H/b30-19+;. The van der Waals surface area contributed by atoms with Gasteiger partial charge in [-0.3, -0.25) is 0 Å². The Bertz CT molecular complexity index is 1220.